The van der Waals surface area contributed by atoms with Gasteiger partial charge in [-0.2, -0.15) is 0 Å². The number of piperidine rings is 1. The summed E-state index contributed by atoms with van der Waals surface area (Å²) < 4.78 is 25.6. The third kappa shape index (κ3) is 2.89. The Balaban J connectivity index is 2.02. The van der Waals surface area contributed by atoms with Gasteiger partial charge >= 0.3 is 0 Å². The second-order valence-corrected chi connectivity index (χ2v) is 4.09. The van der Waals surface area contributed by atoms with Crippen LogP contribution >= 0.6 is 0 Å². The smallest absolute Gasteiger partial charge is 0.159 e. The van der Waals surface area contributed by atoms with E-state index in [0.717, 1.165) is 19.0 Å². The zero-order valence-electron chi connectivity index (χ0n) is 9.05. The molecule has 1 nitrogen and oxygen atoms in total. The van der Waals surface area contributed by atoms with E-state index in [4.69, 9.17) is 0 Å². The van der Waals surface area contributed by atoms with Gasteiger partial charge in [-0.25, -0.2) is 8.78 Å². The first-order chi connectivity index (χ1) is 7.75. The molecule has 86 valence electrons. The molecule has 1 aliphatic heterocycles. The Hall–Kier alpha value is -1.22. The van der Waals surface area contributed by atoms with Crippen LogP contribution in [0.3, 0.4) is 0 Å². The first-order valence-corrected chi connectivity index (χ1v) is 5.62. The molecule has 0 bridgehead atoms. The molecule has 0 saturated carbocycles. The fourth-order valence-corrected chi connectivity index (χ4v) is 1.89. The second kappa shape index (κ2) is 5.21. The van der Waals surface area contributed by atoms with Crippen molar-refractivity contribution in [3.05, 3.63) is 41.5 Å². The fraction of sp³-hybridized carbons (Fsp3) is 0.385. The summed E-state index contributed by atoms with van der Waals surface area (Å²) in [6, 6.07) is 4.32. The standard InChI is InChI=1S/C13H15F2N/c14-12-7-5-10(9-13(12)15)4-6-11-3-1-2-8-16-11/h4-7,9,11,16H,1-3,8H2/b6-4+. The molecule has 16 heavy (non-hydrogen) atoms. The Morgan fingerprint density at radius 1 is 1.19 bits per heavy atom. The average molecular weight is 223 g/mol. The molecule has 1 aromatic carbocycles. The van der Waals surface area contributed by atoms with Crippen molar-refractivity contribution in [2.24, 2.45) is 0 Å². The SMILES string of the molecule is Fc1ccc(/C=C/C2CCCCN2)cc1F. The zero-order chi connectivity index (χ0) is 11.4. The maximum atomic E-state index is 12.9. The van der Waals surface area contributed by atoms with Crippen LogP contribution in [0.2, 0.25) is 0 Å². The summed E-state index contributed by atoms with van der Waals surface area (Å²) in [7, 11) is 0. The normalized spacial score (nSPS) is 21.5. The third-order valence-corrected chi connectivity index (χ3v) is 2.81. The van der Waals surface area contributed by atoms with E-state index in [1.807, 2.05) is 12.2 Å². The minimum atomic E-state index is -0.798. The van der Waals surface area contributed by atoms with Crippen LogP contribution in [0.25, 0.3) is 6.08 Å². The van der Waals surface area contributed by atoms with Crippen LogP contribution in [0.1, 0.15) is 24.8 Å². The van der Waals surface area contributed by atoms with Crippen molar-refractivity contribution in [1.82, 2.24) is 5.32 Å². The molecule has 1 aromatic rings. The van der Waals surface area contributed by atoms with Crippen LogP contribution in [0.4, 0.5) is 8.78 Å². The van der Waals surface area contributed by atoms with Crippen molar-refractivity contribution < 1.29 is 8.78 Å². The Bertz CT molecular complexity index is 382. The quantitative estimate of drug-likeness (QED) is 0.812. The van der Waals surface area contributed by atoms with Gasteiger partial charge in [-0.15, -0.1) is 0 Å². The van der Waals surface area contributed by atoms with E-state index in [-0.39, 0.29) is 0 Å². The van der Waals surface area contributed by atoms with Crippen molar-refractivity contribution in [2.45, 2.75) is 25.3 Å². The molecular weight excluding hydrogens is 208 g/mol. The summed E-state index contributed by atoms with van der Waals surface area (Å²) in [6.07, 6.45) is 7.41. The first kappa shape index (κ1) is 11.3. The van der Waals surface area contributed by atoms with Crippen LogP contribution in [0.5, 0.6) is 0 Å². The van der Waals surface area contributed by atoms with Gasteiger partial charge in [0.05, 0.1) is 0 Å². The Morgan fingerprint density at radius 3 is 2.75 bits per heavy atom. The minimum absolute atomic E-state index is 0.363. The largest absolute Gasteiger partial charge is 0.311 e. The molecule has 1 unspecified atom stereocenters. The Morgan fingerprint density at radius 2 is 2.06 bits per heavy atom. The number of nitrogens with one attached hydrogen (secondary N) is 1. The highest BCUT2D eigenvalue weighted by Crippen LogP contribution is 2.13. The van der Waals surface area contributed by atoms with Crippen LogP contribution in [-0.4, -0.2) is 12.6 Å². The van der Waals surface area contributed by atoms with Crippen LogP contribution in [0.15, 0.2) is 24.3 Å². The highest BCUT2D eigenvalue weighted by Gasteiger charge is 2.08. The van der Waals surface area contributed by atoms with Crippen molar-refractivity contribution in [1.29, 1.82) is 0 Å². The molecule has 1 saturated heterocycles. The summed E-state index contributed by atoms with van der Waals surface area (Å²) >= 11 is 0. The fourth-order valence-electron chi connectivity index (χ4n) is 1.89. The van der Waals surface area contributed by atoms with E-state index in [2.05, 4.69) is 5.32 Å². The summed E-state index contributed by atoms with van der Waals surface area (Å²) in [5.74, 6) is -1.59. The predicted octanol–water partition coefficient (Wildman–Crippen LogP) is 3.12. The number of hydrogen-bond donors (Lipinski definition) is 1. The molecule has 1 N–H and O–H groups in total. The van der Waals surface area contributed by atoms with Crippen LogP contribution in [-0.2, 0) is 0 Å². The molecule has 1 fully saturated rings. The van der Waals surface area contributed by atoms with Gasteiger partial charge in [-0.1, -0.05) is 24.6 Å². The number of hydrogen-bond acceptors (Lipinski definition) is 1. The highest BCUT2D eigenvalue weighted by molar-refractivity contribution is 5.49. The minimum Gasteiger partial charge on any atom is -0.311 e. The molecule has 1 atom stereocenters. The summed E-state index contributed by atoms with van der Waals surface area (Å²) in [4.78, 5) is 0. The van der Waals surface area contributed by atoms with E-state index >= 15 is 0 Å². The van der Waals surface area contributed by atoms with E-state index in [9.17, 15) is 8.78 Å². The van der Waals surface area contributed by atoms with Crippen molar-refractivity contribution in [2.75, 3.05) is 6.54 Å². The van der Waals surface area contributed by atoms with E-state index in [1.54, 1.807) is 6.07 Å². The van der Waals surface area contributed by atoms with Gasteiger partial charge < -0.3 is 5.32 Å². The molecule has 2 rings (SSSR count). The second-order valence-electron chi connectivity index (χ2n) is 4.09. The van der Waals surface area contributed by atoms with Crippen molar-refractivity contribution >= 4 is 6.08 Å². The van der Waals surface area contributed by atoms with Gasteiger partial charge in [0.25, 0.3) is 0 Å². The zero-order valence-corrected chi connectivity index (χ0v) is 9.05. The number of rotatable bonds is 2. The number of benzene rings is 1. The summed E-state index contributed by atoms with van der Waals surface area (Å²) in [5.41, 5.74) is 0.700. The van der Waals surface area contributed by atoms with Gasteiger partial charge in [0.1, 0.15) is 0 Å². The van der Waals surface area contributed by atoms with E-state index in [0.29, 0.717) is 11.6 Å². The van der Waals surface area contributed by atoms with Gasteiger partial charge in [0, 0.05) is 6.04 Å². The topological polar surface area (TPSA) is 12.0 Å². The molecule has 0 radical (unpaired) electrons. The van der Waals surface area contributed by atoms with E-state index < -0.39 is 11.6 Å². The lowest BCUT2D eigenvalue weighted by Crippen LogP contribution is -2.31. The molecule has 0 spiro atoms. The summed E-state index contributed by atoms with van der Waals surface area (Å²) in [5, 5.41) is 3.36. The van der Waals surface area contributed by atoms with E-state index in [1.165, 1.54) is 18.9 Å². The lowest BCUT2D eigenvalue weighted by Gasteiger charge is -2.19. The van der Waals surface area contributed by atoms with Gasteiger partial charge in [0.15, 0.2) is 11.6 Å². The molecule has 1 heterocycles. The van der Waals surface area contributed by atoms with Crippen molar-refractivity contribution in [3.8, 4) is 0 Å². The first-order valence-electron chi connectivity index (χ1n) is 5.62. The monoisotopic (exact) mass is 223 g/mol. The molecule has 0 aromatic heterocycles. The maximum absolute atomic E-state index is 12.9. The van der Waals surface area contributed by atoms with Crippen LogP contribution in [0, 0.1) is 11.6 Å². The highest BCUT2D eigenvalue weighted by atomic mass is 19.2. The lowest BCUT2D eigenvalue weighted by molar-refractivity contribution is 0.455. The Kier molecular flexibility index (Phi) is 3.67. The molecular formula is C13H15F2N. The molecule has 0 amide bonds. The van der Waals surface area contributed by atoms with Gasteiger partial charge in [0.2, 0.25) is 0 Å². The maximum Gasteiger partial charge on any atom is 0.159 e. The van der Waals surface area contributed by atoms with Crippen molar-refractivity contribution in [3.63, 3.8) is 0 Å². The van der Waals surface area contributed by atoms with Crippen LogP contribution < -0.4 is 5.32 Å². The Labute approximate surface area is 94.2 Å². The van der Waals surface area contributed by atoms with Gasteiger partial charge in [-0.05, 0) is 37.1 Å². The predicted molar refractivity (Wildman–Crippen MR) is 61.0 cm³/mol. The van der Waals surface area contributed by atoms with Gasteiger partial charge in [-0.3, -0.25) is 0 Å². The average Bonchev–Trinajstić information content (AvgIpc) is 2.32. The lowest BCUT2D eigenvalue weighted by atomic mass is 10.0. The molecule has 0 aliphatic carbocycles. The summed E-state index contributed by atoms with van der Waals surface area (Å²) in [6.45, 7) is 1.03. The molecule has 3 heteroatoms. The molecule has 1 aliphatic rings. The third-order valence-electron chi connectivity index (χ3n) is 2.81. The number of halogens is 2.